The Morgan fingerprint density at radius 2 is 1.66 bits per heavy atom. The van der Waals surface area contributed by atoms with Gasteiger partial charge in [0.1, 0.15) is 0 Å². The number of hydrogen-bond acceptors (Lipinski definition) is 6. The molecule has 7 nitrogen and oxygen atoms in total. The number of sulfonamides is 1. The van der Waals surface area contributed by atoms with Gasteiger partial charge >= 0.3 is 7.60 Å². The van der Waals surface area contributed by atoms with Crippen LogP contribution in [0.3, 0.4) is 0 Å². The molecule has 1 aromatic carbocycles. The Morgan fingerprint density at radius 3 is 2.17 bits per heavy atom. The number of fused-ring (bicyclic) bond motifs is 1. The minimum absolute atomic E-state index is 0.106. The van der Waals surface area contributed by atoms with Gasteiger partial charge in [-0.05, 0) is 18.9 Å². The third kappa shape index (κ3) is 5.37. The highest BCUT2D eigenvalue weighted by Crippen LogP contribution is 2.66. The van der Waals surface area contributed by atoms with E-state index in [2.05, 4.69) is 4.72 Å². The summed E-state index contributed by atoms with van der Waals surface area (Å²) in [7, 11) is -8.09. The van der Waals surface area contributed by atoms with Crippen molar-refractivity contribution >= 4 is 35.0 Å². The molecule has 0 spiro atoms. The van der Waals surface area contributed by atoms with Gasteiger partial charge in [0.2, 0.25) is 15.8 Å². The van der Waals surface area contributed by atoms with Gasteiger partial charge in [0.25, 0.3) is 0 Å². The third-order valence-corrected chi connectivity index (χ3v) is 7.94. The highest BCUT2D eigenvalue weighted by atomic mass is 35.5. The smallest absolute Gasteiger partial charge is 0.307 e. The van der Waals surface area contributed by atoms with E-state index in [1.807, 2.05) is 13.8 Å². The van der Waals surface area contributed by atoms with Crippen LogP contribution in [-0.2, 0) is 28.9 Å². The summed E-state index contributed by atoms with van der Waals surface area (Å²) in [4.78, 5) is 12.6. The normalized spacial score (nSPS) is 19.7. The van der Waals surface area contributed by atoms with Crippen molar-refractivity contribution in [1.29, 1.82) is 0 Å². The summed E-state index contributed by atoms with van der Waals surface area (Å²) < 4.78 is 52.7. The fraction of sp³-hybridized carbons (Fsp3) is 0.526. The zero-order valence-electron chi connectivity index (χ0n) is 16.8. The van der Waals surface area contributed by atoms with Crippen LogP contribution in [-0.4, -0.2) is 33.7 Å². The molecule has 0 amide bonds. The number of hydrogen-bond donors (Lipinski definition) is 1. The number of rotatable bonds is 11. The van der Waals surface area contributed by atoms with Crippen molar-refractivity contribution in [1.82, 2.24) is 4.72 Å². The number of ketones is 1. The Kier molecular flexibility index (Phi) is 8.24. The van der Waals surface area contributed by atoms with E-state index >= 15 is 0 Å². The lowest BCUT2D eigenvalue weighted by Crippen LogP contribution is -2.47. The van der Waals surface area contributed by atoms with Gasteiger partial charge in [-0.25, -0.2) is 8.42 Å². The third-order valence-electron chi connectivity index (χ3n) is 4.43. The van der Waals surface area contributed by atoms with E-state index in [4.69, 9.17) is 20.6 Å². The van der Waals surface area contributed by atoms with Crippen molar-refractivity contribution < 1.29 is 26.8 Å². The number of carbonyl (C=O) groups is 1. The van der Waals surface area contributed by atoms with E-state index in [0.717, 1.165) is 25.2 Å². The maximum atomic E-state index is 14.1. The number of nitrogens with one attached hydrogen (secondary N) is 1. The first-order valence-electron chi connectivity index (χ1n) is 9.51. The van der Waals surface area contributed by atoms with Gasteiger partial charge in [-0.15, -0.1) is 0 Å². The van der Waals surface area contributed by atoms with Gasteiger partial charge in [0, 0.05) is 11.1 Å². The first-order chi connectivity index (χ1) is 13.6. The Bertz CT molecular complexity index is 918. The molecule has 0 bridgehead atoms. The molecule has 2 rings (SSSR count). The van der Waals surface area contributed by atoms with Gasteiger partial charge in [-0.1, -0.05) is 62.6 Å². The first-order valence-corrected chi connectivity index (χ1v) is 13.3. The van der Waals surface area contributed by atoms with Crippen LogP contribution in [0.4, 0.5) is 0 Å². The minimum atomic E-state index is -4.18. The molecule has 1 aliphatic carbocycles. The highest BCUT2D eigenvalue weighted by molar-refractivity contribution is 7.89. The van der Waals surface area contributed by atoms with Crippen molar-refractivity contribution in [3.8, 4) is 0 Å². The van der Waals surface area contributed by atoms with Crippen LogP contribution < -0.4 is 4.72 Å². The monoisotopic (exact) mass is 463 g/mol. The van der Waals surface area contributed by atoms with Crippen molar-refractivity contribution in [3.05, 3.63) is 46.5 Å². The predicted molar refractivity (Wildman–Crippen MR) is 114 cm³/mol. The zero-order chi connectivity index (χ0) is 21.7. The van der Waals surface area contributed by atoms with E-state index in [1.54, 1.807) is 12.1 Å². The Morgan fingerprint density at radius 1 is 1.10 bits per heavy atom. The molecule has 29 heavy (non-hydrogen) atoms. The fourth-order valence-electron chi connectivity index (χ4n) is 3.02. The van der Waals surface area contributed by atoms with Crippen LogP contribution in [0.2, 0.25) is 0 Å². The summed E-state index contributed by atoms with van der Waals surface area (Å²) in [6.07, 6.45) is 4.87. The molecule has 0 aromatic heterocycles. The number of allylic oxidation sites excluding steroid dienone is 1. The van der Waals surface area contributed by atoms with E-state index < -0.39 is 28.7 Å². The molecule has 10 heteroatoms. The summed E-state index contributed by atoms with van der Waals surface area (Å²) >= 11 is 6.18. The largest absolute Gasteiger partial charge is 0.360 e. The molecule has 162 valence electrons. The topological polar surface area (TPSA) is 98.8 Å². The second kappa shape index (κ2) is 9.86. The Balaban J connectivity index is 2.74. The van der Waals surface area contributed by atoms with E-state index in [1.165, 1.54) is 12.1 Å². The van der Waals surface area contributed by atoms with Crippen LogP contribution in [0.1, 0.15) is 55.5 Å². The Hall–Kier alpha value is -1.02. The van der Waals surface area contributed by atoms with Crippen LogP contribution in [0.25, 0.3) is 0 Å². The lowest BCUT2D eigenvalue weighted by Gasteiger charge is -2.40. The molecule has 0 aliphatic heterocycles. The van der Waals surface area contributed by atoms with Gasteiger partial charge < -0.3 is 9.05 Å². The second-order valence-corrected chi connectivity index (χ2v) is 11.3. The quantitative estimate of drug-likeness (QED) is 0.382. The molecule has 1 unspecified atom stereocenters. The molecule has 0 saturated carbocycles. The molecular weight excluding hydrogens is 437 g/mol. The number of benzene rings is 1. The summed E-state index contributed by atoms with van der Waals surface area (Å²) in [5.74, 6) is -0.484. The van der Waals surface area contributed by atoms with Crippen molar-refractivity contribution in [2.45, 2.75) is 44.8 Å². The molecule has 0 fully saturated rings. The summed E-state index contributed by atoms with van der Waals surface area (Å²) in [6, 6.07) is 6.29. The molecule has 1 N–H and O–H groups in total. The predicted octanol–water partition coefficient (Wildman–Crippen LogP) is 4.53. The Labute approximate surface area is 177 Å². The van der Waals surface area contributed by atoms with E-state index in [-0.39, 0.29) is 29.4 Å². The number of halogens is 1. The van der Waals surface area contributed by atoms with Crippen molar-refractivity contribution in [3.63, 3.8) is 0 Å². The zero-order valence-corrected chi connectivity index (χ0v) is 19.3. The lowest BCUT2D eigenvalue weighted by molar-refractivity contribution is 0.103. The van der Waals surface area contributed by atoms with Crippen LogP contribution >= 0.6 is 19.2 Å². The molecule has 0 radical (unpaired) electrons. The maximum absolute atomic E-state index is 14.1. The number of carbonyl (C=O) groups excluding carboxylic acids is 1. The average Bonchev–Trinajstić information content (AvgIpc) is 2.65. The summed E-state index contributed by atoms with van der Waals surface area (Å²) in [5.41, 5.74) is 0.339. The first kappa shape index (κ1) is 24.3. The van der Waals surface area contributed by atoms with E-state index in [9.17, 15) is 17.8 Å². The molecule has 1 atom stereocenters. The molecule has 0 saturated heterocycles. The van der Waals surface area contributed by atoms with Crippen LogP contribution in [0.15, 0.2) is 35.4 Å². The molecule has 1 aromatic rings. The van der Waals surface area contributed by atoms with Gasteiger partial charge in [0.15, 0.2) is 5.28 Å². The van der Waals surface area contributed by atoms with Crippen molar-refractivity contribution in [2.24, 2.45) is 0 Å². The number of unbranched alkanes of at least 4 members (excludes halogenated alkanes) is 2. The lowest BCUT2D eigenvalue weighted by atomic mass is 9.92. The summed E-state index contributed by atoms with van der Waals surface area (Å²) in [5, 5.41) is -2.19. The summed E-state index contributed by atoms with van der Waals surface area (Å²) in [6.45, 7) is 4.10. The van der Waals surface area contributed by atoms with Gasteiger partial charge in [0.05, 0.1) is 24.5 Å². The van der Waals surface area contributed by atoms with E-state index in [0.29, 0.717) is 12.8 Å². The maximum Gasteiger partial charge on any atom is 0.360 e. The highest BCUT2D eigenvalue weighted by Gasteiger charge is 2.56. The van der Waals surface area contributed by atoms with Crippen molar-refractivity contribution in [2.75, 3.05) is 19.5 Å². The van der Waals surface area contributed by atoms with Crippen LogP contribution in [0.5, 0.6) is 0 Å². The SMILES string of the molecule is CCCCOP(=O)(OCCCC)C1(NS(C)(=O)=O)C=C(Cl)C(=O)c2ccccc21. The van der Waals surface area contributed by atoms with Gasteiger partial charge in [-0.3, -0.25) is 9.36 Å². The molecular formula is C19H27ClNO6PS. The fourth-order valence-corrected chi connectivity index (χ4v) is 7.04. The standard InChI is InChI=1S/C19H27ClNO6PS/c1-4-6-12-26-28(23,27-13-7-5-2)19(21-29(3,24)25)14-17(20)18(22)15-10-8-9-11-16(15)19/h8-11,14,21H,4-7,12-13H2,1-3H3. The minimum Gasteiger partial charge on any atom is -0.307 e. The number of Topliss-reactive ketones (excluding diaryl/α,β-unsaturated/α-hetero) is 1. The molecule has 1 aliphatic rings. The van der Waals surface area contributed by atoms with Crippen LogP contribution in [0, 0.1) is 0 Å². The average molecular weight is 464 g/mol. The van der Waals surface area contributed by atoms with Gasteiger partial charge in [-0.2, -0.15) is 4.72 Å². The molecule has 0 heterocycles. The second-order valence-electron chi connectivity index (χ2n) is 6.88.